The number of benzene rings is 2. The van der Waals surface area contributed by atoms with Crippen LogP contribution in [0.15, 0.2) is 42.5 Å². The summed E-state index contributed by atoms with van der Waals surface area (Å²) in [5, 5.41) is 23.2. The second-order valence-corrected chi connectivity index (χ2v) is 6.18. The van der Waals surface area contributed by atoms with Gasteiger partial charge in [0.1, 0.15) is 23.7 Å². The number of anilines is 1. The quantitative estimate of drug-likeness (QED) is 0.531. The van der Waals surface area contributed by atoms with Crippen molar-refractivity contribution in [3.63, 3.8) is 0 Å². The van der Waals surface area contributed by atoms with Crippen molar-refractivity contribution in [3.05, 3.63) is 58.1 Å². The molecular weight excluding hydrogens is 397 g/mol. The van der Waals surface area contributed by atoms with E-state index in [0.717, 1.165) is 13.0 Å². The van der Waals surface area contributed by atoms with Gasteiger partial charge in [-0.15, -0.1) is 0 Å². The first-order valence-corrected chi connectivity index (χ1v) is 8.10. The smallest absolute Gasteiger partial charge is 0.423 e. The van der Waals surface area contributed by atoms with E-state index in [1.165, 1.54) is 7.11 Å². The highest BCUT2D eigenvalue weighted by atomic mass is 19.4. The zero-order valence-corrected chi connectivity index (χ0v) is 15.3. The van der Waals surface area contributed by atoms with Crippen LogP contribution in [-0.2, 0) is 11.0 Å². The number of amides is 1. The summed E-state index contributed by atoms with van der Waals surface area (Å²) in [4.78, 5) is 21.9. The Morgan fingerprint density at radius 2 is 1.76 bits per heavy atom. The maximum Gasteiger partial charge on any atom is 0.423 e. The van der Waals surface area contributed by atoms with Gasteiger partial charge in [-0.3, -0.25) is 14.9 Å². The van der Waals surface area contributed by atoms with Crippen LogP contribution in [0.25, 0.3) is 0 Å². The number of halogens is 3. The Labute approximate surface area is 163 Å². The minimum atomic E-state index is -5.00. The number of aliphatic hydroxyl groups is 1. The first kappa shape index (κ1) is 22.0. The number of rotatable bonds is 7. The first-order chi connectivity index (χ1) is 13.4. The van der Waals surface area contributed by atoms with Gasteiger partial charge in [0.2, 0.25) is 0 Å². The van der Waals surface area contributed by atoms with E-state index in [4.69, 9.17) is 9.47 Å². The fourth-order valence-corrected chi connectivity index (χ4v) is 2.23. The van der Waals surface area contributed by atoms with Crippen molar-refractivity contribution in [3.8, 4) is 11.5 Å². The van der Waals surface area contributed by atoms with Crippen LogP contribution >= 0.6 is 0 Å². The summed E-state index contributed by atoms with van der Waals surface area (Å²) in [6.07, 6.45) is -5.00. The lowest BCUT2D eigenvalue weighted by Crippen LogP contribution is -2.45. The minimum Gasteiger partial charge on any atom is -0.497 e. The van der Waals surface area contributed by atoms with Gasteiger partial charge < -0.3 is 19.9 Å². The fourth-order valence-electron chi connectivity index (χ4n) is 2.23. The summed E-state index contributed by atoms with van der Waals surface area (Å²) >= 11 is 0. The highest BCUT2D eigenvalue weighted by Crippen LogP contribution is 2.37. The first-order valence-electron chi connectivity index (χ1n) is 8.10. The predicted octanol–water partition coefficient (Wildman–Crippen LogP) is 3.39. The van der Waals surface area contributed by atoms with Crippen LogP contribution in [0.2, 0.25) is 0 Å². The number of alkyl halides is 3. The maximum atomic E-state index is 13.0. The molecule has 11 heteroatoms. The molecule has 1 atom stereocenters. The molecule has 2 aromatic rings. The normalized spacial score (nSPS) is 13.3. The number of methoxy groups -OCH3 is 1. The summed E-state index contributed by atoms with van der Waals surface area (Å²) in [5.74, 6) is -0.151. The number of hydrogen-bond acceptors (Lipinski definition) is 6. The van der Waals surface area contributed by atoms with Crippen LogP contribution in [0.5, 0.6) is 11.5 Å². The lowest BCUT2D eigenvalue weighted by atomic mass is 10.1. The Morgan fingerprint density at radius 1 is 1.17 bits per heavy atom. The molecule has 2 N–H and O–H groups in total. The third-order valence-electron chi connectivity index (χ3n) is 3.83. The molecule has 1 amide bonds. The molecule has 0 saturated carbocycles. The molecule has 8 nitrogen and oxygen atoms in total. The molecule has 0 bridgehead atoms. The average molecular weight is 414 g/mol. The Balaban J connectivity index is 2.11. The van der Waals surface area contributed by atoms with Gasteiger partial charge in [-0.05, 0) is 43.3 Å². The van der Waals surface area contributed by atoms with Gasteiger partial charge in [-0.25, -0.2) is 0 Å². The Kier molecular flexibility index (Phi) is 6.32. The van der Waals surface area contributed by atoms with Gasteiger partial charge in [-0.2, -0.15) is 13.2 Å². The topological polar surface area (TPSA) is 111 Å². The summed E-state index contributed by atoms with van der Waals surface area (Å²) in [6.45, 7) is 0.617. The third kappa shape index (κ3) is 5.57. The Hall–Kier alpha value is -3.34. The van der Waals surface area contributed by atoms with Crippen LogP contribution in [-0.4, -0.2) is 35.3 Å². The lowest BCUT2D eigenvalue weighted by Gasteiger charge is -2.23. The monoisotopic (exact) mass is 414 g/mol. The predicted molar refractivity (Wildman–Crippen MR) is 95.8 cm³/mol. The van der Waals surface area contributed by atoms with Gasteiger partial charge in [-0.1, -0.05) is 0 Å². The van der Waals surface area contributed by atoms with Crippen molar-refractivity contribution in [1.29, 1.82) is 0 Å². The molecule has 2 rings (SSSR count). The van der Waals surface area contributed by atoms with Crippen molar-refractivity contribution in [2.45, 2.75) is 18.7 Å². The molecule has 0 fully saturated rings. The van der Waals surface area contributed by atoms with Crippen molar-refractivity contribution in [2.24, 2.45) is 0 Å². The number of hydrogen-bond donors (Lipinski definition) is 2. The van der Waals surface area contributed by atoms with Crippen LogP contribution in [0.4, 0.5) is 24.5 Å². The number of carbonyl (C=O) groups excluding carboxylic acids is 1. The third-order valence-corrected chi connectivity index (χ3v) is 3.83. The Morgan fingerprint density at radius 3 is 2.28 bits per heavy atom. The second kappa shape index (κ2) is 8.35. The van der Waals surface area contributed by atoms with Gasteiger partial charge in [0.25, 0.3) is 11.6 Å². The van der Waals surface area contributed by atoms with Crippen molar-refractivity contribution in [1.82, 2.24) is 0 Å². The number of nitrogens with zero attached hydrogens (tertiary/aromatic N) is 1. The van der Waals surface area contributed by atoms with Crippen LogP contribution in [0.3, 0.4) is 0 Å². The average Bonchev–Trinajstić information content (AvgIpc) is 2.66. The summed E-state index contributed by atoms with van der Waals surface area (Å²) in [7, 11) is 1.48. The molecular formula is C18H17F3N2O6. The lowest BCUT2D eigenvalue weighted by molar-refractivity contribution is -0.388. The molecule has 0 radical (unpaired) electrons. The highest BCUT2D eigenvalue weighted by molar-refractivity contribution is 5.97. The minimum absolute atomic E-state index is 0.327. The van der Waals surface area contributed by atoms with Crippen molar-refractivity contribution in [2.75, 3.05) is 19.0 Å². The van der Waals surface area contributed by atoms with E-state index in [9.17, 15) is 33.2 Å². The fraction of sp³-hybridized carbons (Fsp3) is 0.278. The van der Waals surface area contributed by atoms with Crippen molar-refractivity contribution < 1.29 is 37.5 Å². The van der Waals surface area contributed by atoms with E-state index >= 15 is 0 Å². The highest BCUT2D eigenvalue weighted by Gasteiger charge is 2.39. The number of ether oxygens (including phenoxy) is 2. The zero-order chi connectivity index (χ0) is 21.8. The number of nitrogens with one attached hydrogen (secondary N) is 1. The second-order valence-electron chi connectivity index (χ2n) is 6.18. The molecule has 0 unspecified atom stereocenters. The molecule has 0 aliphatic rings. The standard InChI is InChI=1S/C18H17F3N2O6/c1-17(25,10-29-13-6-4-12(28-2)5-7-13)16(24)22-11-3-8-15(23(26)27)14(9-11)18(19,20)21/h3-9,25H,10H2,1-2H3,(H,22,24)/t17-/m0/s1. The van der Waals surface area contributed by atoms with Crippen LogP contribution in [0, 0.1) is 10.1 Å². The maximum absolute atomic E-state index is 13.0. The molecule has 0 aliphatic heterocycles. The number of nitro groups is 1. The van der Waals surface area contributed by atoms with Gasteiger partial charge >= 0.3 is 6.18 Å². The van der Waals surface area contributed by atoms with Gasteiger partial charge in [0.05, 0.1) is 12.0 Å². The number of carbonyl (C=O) groups is 1. The summed E-state index contributed by atoms with van der Waals surface area (Å²) in [5.41, 5.74) is -5.13. The molecule has 0 aromatic heterocycles. The number of nitro benzene ring substituents is 1. The van der Waals surface area contributed by atoms with Crippen LogP contribution < -0.4 is 14.8 Å². The Bertz CT molecular complexity index is 897. The largest absolute Gasteiger partial charge is 0.497 e. The van der Waals surface area contributed by atoms with E-state index in [0.29, 0.717) is 23.6 Å². The summed E-state index contributed by atoms with van der Waals surface area (Å²) in [6, 6.07) is 8.26. The van der Waals surface area contributed by atoms with E-state index < -0.39 is 40.5 Å². The molecule has 0 saturated heterocycles. The van der Waals surface area contributed by atoms with E-state index in [1.54, 1.807) is 24.3 Å². The molecule has 2 aromatic carbocycles. The summed E-state index contributed by atoms with van der Waals surface area (Å²) < 4.78 is 49.4. The zero-order valence-electron chi connectivity index (χ0n) is 15.3. The van der Waals surface area contributed by atoms with Gasteiger partial charge in [0.15, 0.2) is 5.60 Å². The molecule has 0 aliphatic carbocycles. The molecule has 0 spiro atoms. The molecule has 0 heterocycles. The van der Waals surface area contributed by atoms with Crippen molar-refractivity contribution >= 4 is 17.3 Å². The SMILES string of the molecule is COc1ccc(OC[C@](C)(O)C(=O)Nc2ccc([N+](=O)[O-])c(C(F)(F)F)c2)cc1. The van der Waals surface area contributed by atoms with E-state index in [2.05, 4.69) is 5.32 Å². The molecule has 156 valence electrons. The molecule has 29 heavy (non-hydrogen) atoms. The van der Waals surface area contributed by atoms with E-state index in [1.807, 2.05) is 0 Å². The van der Waals surface area contributed by atoms with E-state index in [-0.39, 0.29) is 5.69 Å². The van der Waals surface area contributed by atoms with Crippen LogP contribution in [0.1, 0.15) is 12.5 Å². The van der Waals surface area contributed by atoms with Gasteiger partial charge in [0, 0.05) is 11.8 Å².